The lowest BCUT2D eigenvalue weighted by Gasteiger charge is -2.33. The molecule has 2 aliphatic rings. The maximum Gasteiger partial charge on any atom is 0.254 e. The summed E-state index contributed by atoms with van der Waals surface area (Å²) in [5, 5.41) is 0. The summed E-state index contributed by atoms with van der Waals surface area (Å²) in [6, 6.07) is 12.2. The van der Waals surface area contributed by atoms with Crippen LogP contribution in [0, 0.1) is 12.8 Å². The molecular formula is C20H20N2O. The molecule has 2 atom stereocenters. The van der Waals surface area contributed by atoms with Gasteiger partial charge in [-0.25, -0.2) is 0 Å². The van der Waals surface area contributed by atoms with E-state index in [9.17, 15) is 4.79 Å². The van der Waals surface area contributed by atoms with Gasteiger partial charge in [0, 0.05) is 29.9 Å². The number of nitrogens with zero attached hydrogens (tertiary/aromatic N) is 2. The maximum atomic E-state index is 13.1. The first-order valence-corrected chi connectivity index (χ1v) is 8.09. The monoisotopic (exact) mass is 304 g/mol. The molecule has 0 saturated carbocycles. The number of carbonyl (C=O) groups excluding carboxylic acids is 1. The van der Waals surface area contributed by atoms with Crippen molar-refractivity contribution in [2.45, 2.75) is 26.1 Å². The first kappa shape index (κ1) is 14.1. The van der Waals surface area contributed by atoms with Gasteiger partial charge in [0.25, 0.3) is 5.91 Å². The zero-order valence-electron chi connectivity index (χ0n) is 13.2. The summed E-state index contributed by atoms with van der Waals surface area (Å²) in [6.45, 7) is 3.61. The lowest BCUT2D eigenvalue weighted by atomic mass is 9.93. The molecule has 0 bridgehead atoms. The second kappa shape index (κ2) is 5.58. The quantitative estimate of drug-likeness (QED) is 0.791. The molecule has 1 amide bonds. The van der Waals surface area contributed by atoms with Crippen LogP contribution in [-0.4, -0.2) is 21.4 Å². The molecule has 0 N–H and O–H groups in total. The van der Waals surface area contributed by atoms with E-state index in [4.69, 9.17) is 0 Å². The Bertz CT molecular complexity index is 782. The summed E-state index contributed by atoms with van der Waals surface area (Å²) in [5.74, 6) is 0.428. The lowest BCUT2D eigenvalue weighted by molar-refractivity contribution is 0.0671. The van der Waals surface area contributed by atoms with E-state index in [0.29, 0.717) is 12.5 Å². The number of aromatic nitrogens is 1. The third kappa shape index (κ3) is 2.52. The Hall–Kier alpha value is -2.55. The Morgan fingerprint density at radius 1 is 1.09 bits per heavy atom. The van der Waals surface area contributed by atoms with Crippen LogP contribution in [0.25, 0.3) is 0 Å². The van der Waals surface area contributed by atoms with E-state index in [-0.39, 0.29) is 11.9 Å². The van der Waals surface area contributed by atoms with E-state index < -0.39 is 0 Å². The van der Waals surface area contributed by atoms with Crippen molar-refractivity contribution in [3.63, 3.8) is 0 Å². The van der Waals surface area contributed by atoms with Crippen LogP contribution in [0.4, 0.5) is 0 Å². The maximum absolute atomic E-state index is 13.1. The number of carbonyl (C=O) groups is 1. The Labute approximate surface area is 136 Å². The first-order valence-electron chi connectivity index (χ1n) is 8.09. The zero-order chi connectivity index (χ0) is 15.8. The van der Waals surface area contributed by atoms with Crippen molar-refractivity contribution in [3.8, 4) is 0 Å². The second-order valence-electron chi connectivity index (χ2n) is 6.38. The molecule has 0 radical (unpaired) electrons. The molecule has 1 aromatic carbocycles. The van der Waals surface area contributed by atoms with Gasteiger partial charge in [0.1, 0.15) is 0 Å². The molecule has 1 aliphatic carbocycles. The van der Waals surface area contributed by atoms with Crippen LogP contribution >= 0.6 is 0 Å². The smallest absolute Gasteiger partial charge is 0.254 e. The first-order chi connectivity index (χ1) is 11.2. The molecule has 116 valence electrons. The van der Waals surface area contributed by atoms with Crippen molar-refractivity contribution in [1.29, 1.82) is 0 Å². The van der Waals surface area contributed by atoms with Crippen LogP contribution in [0.3, 0.4) is 0 Å². The van der Waals surface area contributed by atoms with Crippen LogP contribution in [0.15, 0.2) is 66.9 Å². The van der Waals surface area contributed by atoms with Gasteiger partial charge in [-0.3, -0.25) is 4.79 Å². The molecule has 23 heavy (non-hydrogen) atoms. The van der Waals surface area contributed by atoms with Gasteiger partial charge >= 0.3 is 0 Å². The Balaban J connectivity index is 1.72. The van der Waals surface area contributed by atoms with Gasteiger partial charge in [-0.15, -0.1) is 0 Å². The van der Waals surface area contributed by atoms with E-state index in [1.165, 1.54) is 11.3 Å². The molecular weight excluding hydrogens is 284 g/mol. The largest absolute Gasteiger partial charge is 0.349 e. The lowest BCUT2D eigenvalue weighted by Crippen LogP contribution is -2.42. The molecule has 3 nitrogen and oxygen atoms in total. The van der Waals surface area contributed by atoms with Gasteiger partial charge in [-0.05, 0) is 31.2 Å². The van der Waals surface area contributed by atoms with Crippen molar-refractivity contribution in [2.24, 2.45) is 5.92 Å². The molecule has 2 unspecified atom stereocenters. The molecule has 3 heteroatoms. The summed E-state index contributed by atoms with van der Waals surface area (Å²) in [5.41, 5.74) is 3.13. The Morgan fingerprint density at radius 3 is 2.70 bits per heavy atom. The molecule has 1 aromatic heterocycles. The van der Waals surface area contributed by atoms with Crippen LogP contribution < -0.4 is 0 Å². The number of hydrogen-bond donors (Lipinski definition) is 0. The summed E-state index contributed by atoms with van der Waals surface area (Å²) < 4.78 is 2.27. The Kier molecular flexibility index (Phi) is 3.41. The topological polar surface area (TPSA) is 25.2 Å². The summed E-state index contributed by atoms with van der Waals surface area (Å²) in [7, 11) is 0. The fourth-order valence-electron chi connectivity index (χ4n) is 3.49. The second-order valence-corrected chi connectivity index (χ2v) is 6.38. The van der Waals surface area contributed by atoms with Crippen molar-refractivity contribution >= 4 is 5.91 Å². The highest BCUT2D eigenvalue weighted by Gasteiger charge is 2.33. The highest BCUT2D eigenvalue weighted by atomic mass is 16.2. The van der Waals surface area contributed by atoms with Crippen LogP contribution in [0.1, 0.15) is 21.6 Å². The van der Waals surface area contributed by atoms with Gasteiger partial charge < -0.3 is 9.47 Å². The van der Waals surface area contributed by atoms with E-state index in [1.807, 2.05) is 36.1 Å². The fourth-order valence-corrected chi connectivity index (χ4v) is 3.49. The molecule has 0 saturated heterocycles. The minimum atomic E-state index is 0.106. The predicted octanol–water partition coefficient (Wildman–Crippen LogP) is 3.56. The SMILES string of the molecule is Cc1ccc(C(=O)N2Cc3cccn3CC3C=CC=CC32)cc1. The number of aryl methyl sites for hydroxylation is 1. The van der Waals surface area contributed by atoms with Crippen molar-refractivity contribution in [1.82, 2.24) is 9.47 Å². The third-order valence-corrected chi connectivity index (χ3v) is 4.80. The average molecular weight is 304 g/mol. The van der Waals surface area contributed by atoms with Crippen molar-refractivity contribution in [3.05, 3.63) is 83.7 Å². The normalized spacial score (nSPS) is 22.4. The molecule has 2 heterocycles. The van der Waals surface area contributed by atoms with Gasteiger partial charge in [0.2, 0.25) is 0 Å². The van der Waals surface area contributed by atoms with Gasteiger partial charge in [0.15, 0.2) is 0 Å². The van der Waals surface area contributed by atoms with Crippen LogP contribution in [0.2, 0.25) is 0 Å². The summed E-state index contributed by atoms with van der Waals surface area (Å²) in [4.78, 5) is 15.1. The van der Waals surface area contributed by atoms with E-state index in [2.05, 4.69) is 47.2 Å². The Morgan fingerprint density at radius 2 is 1.87 bits per heavy atom. The van der Waals surface area contributed by atoms with Crippen molar-refractivity contribution < 1.29 is 4.79 Å². The minimum Gasteiger partial charge on any atom is -0.349 e. The zero-order valence-corrected chi connectivity index (χ0v) is 13.2. The molecule has 4 rings (SSSR count). The van der Waals surface area contributed by atoms with Crippen molar-refractivity contribution in [2.75, 3.05) is 0 Å². The molecule has 1 aliphatic heterocycles. The summed E-state index contributed by atoms with van der Waals surface area (Å²) in [6.07, 6.45) is 10.6. The number of allylic oxidation sites excluding steroid dienone is 2. The molecule has 0 fully saturated rings. The fraction of sp³-hybridized carbons (Fsp3) is 0.250. The highest BCUT2D eigenvalue weighted by Crippen LogP contribution is 2.28. The number of hydrogen-bond acceptors (Lipinski definition) is 1. The van der Waals surface area contributed by atoms with E-state index in [0.717, 1.165) is 12.1 Å². The number of amides is 1. The van der Waals surface area contributed by atoms with Crippen LogP contribution in [-0.2, 0) is 13.1 Å². The average Bonchev–Trinajstić information content (AvgIpc) is 2.94. The van der Waals surface area contributed by atoms with Gasteiger partial charge in [-0.2, -0.15) is 0 Å². The third-order valence-electron chi connectivity index (χ3n) is 4.80. The minimum absolute atomic E-state index is 0.106. The van der Waals surface area contributed by atoms with Crippen LogP contribution in [0.5, 0.6) is 0 Å². The predicted molar refractivity (Wildman–Crippen MR) is 91.0 cm³/mol. The standard InChI is InChI=1S/C20H20N2O/c1-15-8-10-16(11-9-15)20(23)22-14-18-6-4-12-21(18)13-17-5-2-3-7-19(17)22/h2-12,17,19H,13-14H2,1H3. The van der Waals surface area contributed by atoms with E-state index >= 15 is 0 Å². The number of fused-ring (bicyclic) bond motifs is 2. The number of rotatable bonds is 1. The molecule has 0 spiro atoms. The molecule has 2 aromatic rings. The highest BCUT2D eigenvalue weighted by molar-refractivity contribution is 5.94. The summed E-state index contributed by atoms with van der Waals surface area (Å²) >= 11 is 0. The van der Waals surface area contributed by atoms with Gasteiger partial charge in [0.05, 0.1) is 12.6 Å². The van der Waals surface area contributed by atoms with Gasteiger partial charge in [-0.1, -0.05) is 42.0 Å². The van der Waals surface area contributed by atoms with E-state index in [1.54, 1.807) is 0 Å². The number of benzene rings is 1.